The van der Waals surface area contributed by atoms with Gasteiger partial charge in [-0.2, -0.15) is 4.98 Å². The third-order valence-corrected chi connectivity index (χ3v) is 9.36. The summed E-state index contributed by atoms with van der Waals surface area (Å²) in [4.78, 5) is 45.8. The first kappa shape index (κ1) is 32.4. The molecule has 0 spiro atoms. The van der Waals surface area contributed by atoms with Gasteiger partial charge < -0.3 is 14.2 Å². The fourth-order valence-corrected chi connectivity index (χ4v) is 6.77. The van der Waals surface area contributed by atoms with Crippen LogP contribution in [-0.4, -0.2) is 43.1 Å². The van der Waals surface area contributed by atoms with E-state index in [2.05, 4.69) is 4.98 Å². The van der Waals surface area contributed by atoms with Gasteiger partial charge in [0.25, 0.3) is 11.5 Å². The van der Waals surface area contributed by atoms with Crippen molar-refractivity contribution >= 4 is 80.3 Å². The molecule has 1 aliphatic rings. The van der Waals surface area contributed by atoms with Gasteiger partial charge >= 0.3 is 11.7 Å². The molecule has 15 heteroatoms. The minimum Gasteiger partial charge on any atom is -0.497 e. The lowest BCUT2D eigenvalue weighted by atomic mass is 10.2. The van der Waals surface area contributed by atoms with Gasteiger partial charge in [0, 0.05) is 24.1 Å². The number of methoxy groups -OCH3 is 2. The van der Waals surface area contributed by atoms with Crippen molar-refractivity contribution in [2.24, 2.45) is 14.1 Å². The zero-order chi connectivity index (χ0) is 33.6. The van der Waals surface area contributed by atoms with Crippen molar-refractivity contribution in [3.63, 3.8) is 0 Å². The van der Waals surface area contributed by atoms with Crippen LogP contribution in [-0.2, 0) is 25.4 Å². The summed E-state index contributed by atoms with van der Waals surface area (Å²) in [5, 5.41) is 0.836. The Kier molecular flexibility index (Phi) is 8.90. The number of rotatable bonds is 8. The lowest BCUT2D eigenvalue weighted by Crippen LogP contribution is -2.37. The lowest BCUT2D eigenvalue weighted by molar-refractivity contribution is -0.113. The van der Waals surface area contributed by atoms with E-state index < -0.39 is 11.2 Å². The van der Waals surface area contributed by atoms with Gasteiger partial charge in [0.1, 0.15) is 5.75 Å². The van der Waals surface area contributed by atoms with Crippen molar-refractivity contribution in [3.8, 4) is 23.3 Å². The van der Waals surface area contributed by atoms with Gasteiger partial charge in [-0.25, -0.2) is 4.79 Å². The Labute approximate surface area is 287 Å². The second-order valence-corrected chi connectivity index (χ2v) is 12.8. The van der Waals surface area contributed by atoms with E-state index in [9.17, 15) is 14.4 Å². The van der Waals surface area contributed by atoms with E-state index in [-0.39, 0.29) is 35.4 Å². The predicted octanol–water partition coefficient (Wildman–Crippen LogP) is 6.00. The highest BCUT2D eigenvalue weighted by Crippen LogP contribution is 2.39. The summed E-state index contributed by atoms with van der Waals surface area (Å²) in [7, 11) is 5.96. The Hall–Kier alpha value is -4.56. The Morgan fingerprint density at radius 2 is 1.66 bits per heavy atom. The Morgan fingerprint density at radius 3 is 2.34 bits per heavy atom. The molecule has 0 aliphatic carbocycles. The molecular weight excluding hydrogens is 685 g/mol. The van der Waals surface area contributed by atoms with Crippen molar-refractivity contribution in [1.29, 1.82) is 0 Å². The van der Waals surface area contributed by atoms with Gasteiger partial charge in [-0.05, 0) is 65.7 Å². The Balaban J connectivity index is 1.36. The molecular formula is C32H25Cl2N5O6S2. The highest BCUT2D eigenvalue weighted by molar-refractivity contribution is 8.27. The fraction of sp³-hybridized carbons (Fsp3) is 0.156. The molecule has 1 amide bonds. The molecule has 0 atom stereocenters. The average Bonchev–Trinajstić information content (AvgIpc) is 3.56. The number of imidazole rings is 1. The number of ether oxygens (including phenoxy) is 3. The molecule has 0 saturated carbocycles. The molecule has 47 heavy (non-hydrogen) atoms. The average molecular weight is 711 g/mol. The maximum atomic E-state index is 13.3. The van der Waals surface area contributed by atoms with E-state index >= 15 is 0 Å². The number of hydrogen-bond acceptors (Lipinski definition) is 9. The second-order valence-electron chi connectivity index (χ2n) is 10.3. The smallest absolute Gasteiger partial charge is 0.332 e. The molecule has 5 aromatic rings. The van der Waals surface area contributed by atoms with Crippen LogP contribution in [0.15, 0.2) is 75.2 Å². The number of hydrogen-bond donors (Lipinski definition) is 0. The van der Waals surface area contributed by atoms with E-state index in [0.717, 1.165) is 4.57 Å². The number of thiocarbonyl (C=S) groups is 1. The molecule has 3 heterocycles. The monoisotopic (exact) mass is 709 g/mol. The number of amides is 1. The number of nitrogens with zero attached hydrogens (tertiary/aromatic N) is 5. The van der Waals surface area contributed by atoms with Gasteiger partial charge in [-0.1, -0.05) is 59.3 Å². The number of aryl methyl sites for hydroxylation is 1. The number of halogens is 2. The van der Waals surface area contributed by atoms with Crippen LogP contribution in [0.1, 0.15) is 11.1 Å². The van der Waals surface area contributed by atoms with Crippen LogP contribution in [0.2, 0.25) is 10.0 Å². The number of aromatic nitrogens is 4. The SMILES string of the molecule is COc1ccc(N2C(=O)C(=Cc3ccc(Oc4nc5c(c(=O)n(C)c(=O)n5C)n4Cc4ccc(Cl)cc4Cl)c(OC)c3)SC2=S)cc1. The number of carbonyl (C=O) groups is 1. The predicted molar refractivity (Wildman–Crippen MR) is 187 cm³/mol. The molecule has 3 aromatic carbocycles. The summed E-state index contributed by atoms with van der Waals surface area (Å²) in [6.07, 6.45) is 1.71. The Bertz CT molecular complexity index is 2240. The first-order valence-electron chi connectivity index (χ1n) is 13.9. The first-order valence-corrected chi connectivity index (χ1v) is 15.9. The van der Waals surface area contributed by atoms with E-state index in [0.29, 0.717) is 47.6 Å². The molecule has 240 valence electrons. The van der Waals surface area contributed by atoms with Crippen molar-refractivity contribution in [2.45, 2.75) is 6.54 Å². The molecule has 1 saturated heterocycles. The van der Waals surface area contributed by atoms with Gasteiger partial charge in [0.2, 0.25) is 0 Å². The van der Waals surface area contributed by atoms with E-state index in [4.69, 9.17) is 49.6 Å². The summed E-state index contributed by atoms with van der Waals surface area (Å²) >= 11 is 19.3. The van der Waals surface area contributed by atoms with Crippen LogP contribution in [0.5, 0.6) is 23.3 Å². The molecule has 2 aromatic heterocycles. The number of anilines is 1. The van der Waals surface area contributed by atoms with Crippen molar-refractivity contribution in [1.82, 2.24) is 18.7 Å². The normalized spacial score (nSPS) is 14.0. The first-order chi connectivity index (χ1) is 22.5. The third kappa shape index (κ3) is 6.02. The fourth-order valence-electron chi connectivity index (χ4n) is 5.00. The molecule has 0 bridgehead atoms. The standard InChI is InChI=1S/C32H25Cl2N5O6S2/c1-36-27-26(29(41)37(2)31(36)42)38(16-18-6-7-19(33)15-22(18)34)30(35-27)45-23-12-5-17(13-24(23)44-4)14-25-28(40)39(32(46)47-25)20-8-10-21(43-3)11-9-20/h5-15H,16H2,1-4H3. The lowest BCUT2D eigenvalue weighted by Gasteiger charge is -2.15. The Morgan fingerprint density at radius 1 is 0.915 bits per heavy atom. The van der Waals surface area contributed by atoms with E-state index in [1.54, 1.807) is 78.4 Å². The maximum Gasteiger partial charge on any atom is 0.332 e. The molecule has 1 fully saturated rings. The van der Waals surface area contributed by atoms with Crippen LogP contribution < -0.4 is 30.4 Å². The highest BCUT2D eigenvalue weighted by Gasteiger charge is 2.33. The molecule has 6 rings (SSSR count). The van der Waals surface area contributed by atoms with E-state index in [1.807, 2.05) is 0 Å². The van der Waals surface area contributed by atoms with Gasteiger partial charge in [-0.3, -0.25) is 28.2 Å². The van der Waals surface area contributed by atoms with Crippen molar-refractivity contribution < 1.29 is 19.0 Å². The number of benzene rings is 3. The number of carbonyl (C=O) groups excluding carboxylic acids is 1. The summed E-state index contributed by atoms with van der Waals surface area (Å²) in [5.74, 6) is 1.01. The largest absolute Gasteiger partial charge is 0.497 e. The summed E-state index contributed by atoms with van der Waals surface area (Å²) in [5.41, 5.74) is 1.12. The summed E-state index contributed by atoms with van der Waals surface area (Å²) < 4.78 is 21.3. The molecule has 0 radical (unpaired) electrons. The van der Waals surface area contributed by atoms with Crippen molar-refractivity contribution in [2.75, 3.05) is 19.1 Å². The van der Waals surface area contributed by atoms with Gasteiger partial charge in [0.15, 0.2) is 27.0 Å². The zero-order valence-electron chi connectivity index (χ0n) is 25.3. The highest BCUT2D eigenvalue weighted by atomic mass is 35.5. The van der Waals surface area contributed by atoms with Crippen LogP contribution in [0.4, 0.5) is 5.69 Å². The van der Waals surface area contributed by atoms with Gasteiger partial charge in [0.05, 0.1) is 31.4 Å². The minimum atomic E-state index is -0.551. The summed E-state index contributed by atoms with van der Waals surface area (Å²) in [6, 6.07) is 17.2. The van der Waals surface area contributed by atoms with Crippen molar-refractivity contribution in [3.05, 3.63) is 108 Å². The maximum absolute atomic E-state index is 13.3. The molecule has 0 N–H and O–H groups in total. The van der Waals surface area contributed by atoms with Crippen LogP contribution >= 0.6 is 47.2 Å². The third-order valence-electron chi connectivity index (χ3n) is 7.47. The topological polar surface area (TPSA) is 110 Å². The summed E-state index contributed by atoms with van der Waals surface area (Å²) in [6.45, 7) is 0.0890. The van der Waals surface area contributed by atoms with Gasteiger partial charge in [-0.15, -0.1) is 0 Å². The minimum absolute atomic E-state index is 0.0238. The number of fused-ring (bicyclic) bond motifs is 1. The van der Waals surface area contributed by atoms with E-state index in [1.165, 1.54) is 42.4 Å². The second kappa shape index (κ2) is 12.9. The van der Waals surface area contributed by atoms with Crippen LogP contribution in [0, 0.1) is 0 Å². The number of thioether (sulfide) groups is 1. The van der Waals surface area contributed by atoms with Crippen LogP contribution in [0.25, 0.3) is 17.2 Å². The van der Waals surface area contributed by atoms with Crippen LogP contribution in [0.3, 0.4) is 0 Å². The zero-order valence-corrected chi connectivity index (χ0v) is 28.5. The molecule has 11 nitrogen and oxygen atoms in total. The molecule has 0 unspecified atom stereocenters. The molecule has 1 aliphatic heterocycles. The quantitative estimate of drug-likeness (QED) is 0.141.